The van der Waals surface area contributed by atoms with E-state index in [0.717, 1.165) is 47.9 Å². The lowest BCUT2D eigenvalue weighted by Gasteiger charge is -2.18. The van der Waals surface area contributed by atoms with Crippen molar-refractivity contribution in [3.8, 4) is 11.5 Å². The predicted molar refractivity (Wildman–Crippen MR) is 151 cm³/mol. The number of carbonyl (C=O) groups is 1. The average molecular weight is 730 g/mol. The van der Waals surface area contributed by atoms with Gasteiger partial charge < -0.3 is 25.0 Å². The number of rotatable bonds is 13. The van der Waals surface area contributed by atoms with Gasteiger partial charge in [-0.25, -0.2) is 0 Å². The molecule has 1 amide bonds. The molecule has 0 aliphatic heterocycles. The van der Waals surface area contributed by atoms with Crippen molar-refractivity contribution in [3.05, 3.63) is 53.3 Å². The molecule has 0 heterocycles. The van der Waals surface area contributed by atoms with Crippen LogP contribution < -0.4 is 25.0 Å². The first-order chi connectivity index (χ1) is 16.2. The Labute approximate surface area is 236 Å². The second-order valence-electron chi connectivity index (χ2n) is 8.23. The van der Waals surface area contributed by atoms with Crippen molar-refractivity contribution in [1.29, 1.82) is 0 Å². The molecule has 6 nitrogen and oxygen atoms in total. The standard InChI is InChI=1S/C24H31Br4N3O3/c1-29-21(14-16-12-17(25)22(33-4)18(26)13-16)24(32)30-7-5-9-34-23-19(27)10-15(11-20(23)28)6-8-31(2)3/h10-13,21,29H,5-9,14H2,1-4H3,(H,30,32)/p+1. The monoisotopic (exact) mass is 726 g/mol. The van der Waals surface area contributed by atoms with Gasteiger partial charge >= 0.3 is 0 Å². The van der Waals surface area contributed by atoms with Crippen LogP contribution in [0.1, 0.15) is 17.5 Å². The molecule has 1 atom stereocenters. The first kappa shape index (κ1) is 29.6. The van der Waals surface area contributed by atoms with Gasteiger partial charge in [0.25, 0.3) is 0 Å². The van der Waals surface area contributed by atoms with Crippen LogP contribution in [0.25, 0.3) is 0 Å². The molecule has 0 bridgehead atoms. The number of likely N-dealkylation sites (N-methyl/N-ethyl adjacent to an activating group) is 2. The Morgan fingerprint density at radius 3 is 2.06 bits per heavy atom. The third-order valence-electron chi connectivity index (χ3n) is 5.21. The maximum absolute atomic E-state index is 12.7. The zero-order valence-electron chi connectivity index (χ0n) is 19.9. The number of benzene rings is 2. The van der Waals surface area contributed by atoms with Crippen molar-refractivity contribution in [2.45, 2.75) is 25.3 Å². The van der Waals surface area contributed by atoms with Crippen molar-refractivity contribution in [3.63, 3.8) is 0 Å². The summed E-state index contributed by atoms with van der Waals surface area (Å²) < 4.78 is 14.9. The van der Waals surface area contributed by atoms with Crippen molar-refractivity contribution >= 4 is 69.6 Å². The highest BCUT2D eigenvalue weighted by atomic mass is 79.9. The summed E-state index contributed by atoms with van der Waals surface area (Å²) >= 11 is 14.3. The topological polar surface area (TPSA) is 64.0 Å². The zero-order valence-corrected chi connectivity index (χ0v) is 26.2. The quantitative estimate of drug-likeness (QED) is 0.272. The van der Waals surface area contributed by atoms with E-state index in [2.05, 4.69) is 101 Å². The lowest BCUT2D eigenvalue weighted by Crippen LogP contribution is -3.05. The molecule has 0 aliphatic rings. The Bertz CT molecular complexity index is 926. The number of hydrogen-bond donors (Lipinski definition) is 3. The highest BCUT2D eigenvalue weighted by Crippen LogP contribution is 2.35. The minimum atomic E-state index is -0.340. The number of amides is 1. The molecular weight excluding hydrogens is 698 g/mol. The molecule has 2 aromatic carbocycles. The van der Waals surface area contributed by atoms with Gasteiger partial charge in [0.05, 0.1) is 58.3 Å². The van der Waals surface area contributed by atoms with Gasteiger partial charge in [-0.3, -0.25) is 4.79 Å². The van der Waals surface area contributed by atoms with E-state index < -0.39 is 0 Å². The van der Waals surface area contributed by atoms with Gasteiger partial charge in [0.15, 0.2) is 0 Å². The van der Waals surface area contributed by atoms with Gasteiger partial charge in [0, 0.05) is 13.0 Å². The van der Waals surface area contributed by atoms with E-state index in [9.17, 15) is 4.79 Å². The molecule has 0 spiro atoms. The first-order valence-corrected chi connectivity index (χ1v) is 14.2. The van der Waals surface area contributed by atoms with Gasteiger partial charge in [-0.05, 0) is 119 Å². The minimum Gasteiger partial charge on any atom is -0.494 e. The number of methoxy groups -OCH3 is 1. The third kappa shape index (κ3) is 9.09. The molecule has 0 fully saturated rings. The Kier molecular flexibility index (Phi) is 12.9. The molecule has 34 heavy (non-hydrogen) atoms. The number of quaternary nitrogens is 1. The third-order valence-corrected chi connectivity index (χ3v) is 7.56. The maximum atomic E-state index is 12.7. The lowest BCUT2D eigenvalue weighted by molar-refractivity contribution is -0.858. The summed E-state index contributed by atoms with van der Waals surface area (Å²) in [6.07, 6.45) is 2.26. The van der Waals surface area contributed by atoms with Crippen LogP contribution in [-0.2, 0) is 17.6 Å². The number of hydrogen-bond acceptors (Lipinski definition) is 4. The average Bonchev–Trinajstić information content (AvgIpc) is 2.77. The smallest absolute Gasteiger partial charge is 0.237 e. The summed E-state index contributed by atoms with van der Waals surface area (Å²) in [5.41, 5.74) is 2.27. The number of nitrogens with one attached hydrogen (secondary N) is 3. The van der Waals surface area contributed by atoms with Gasteiger partial charge in [-0.2, -0.15) is 0 Å². The van der Waals surface area contributed by atoms with Gasteiger partial charge in [0.1, 0.15) is 11.5 Å². The van der Waals surface area contributed by atoms with E-state index in [1.54, 1.807) is 14.2 Å². The molecule has 1 unspecified atom stereocenters. The zero-order chi connectivity index (χ0) is 25.3. The van der Waals surface area contributed by atoms with Gasteiger partial charge in [-0.1, -0.05) is 0 Å². The number of ether oxygens (including phenoxy) is 2. The SMILES string of the molecule is CNC(Cc1cc(Br)c(OC)c(Br)c1)C(=O)NCCCOc1c(Br)cc(CC[NH+](C)C)cc1Br. The highest BCUT2D eigenvalue weighted by Gasteiger charge is 2.18. The van der Waals surface area contributed by atoms with Crippen LogP contribution in [-0.4, -0.2) is 59.9 Å². The van der Waals surface area contributed by atoms with Gasteiger partial charge in [-0.15, -0.1) is 0 Å². The summed E-state index contributed by atoms with van der Waals surface area (Å²) in [6, 6.07) is 7.82. The molecule has 3 N–H and O–H groups in total. The number of halogens is 4. The molecule has 0 aliphatic carbocycles. The normalized spacial score (nSPS) is 12.0. The fraction of sp³-hybridized carbons (Fsp3) is 0.458. The molecule has 2 rings (SSSR count). The second kappa shape index (κ2) is 14.8. The second-order valence-corrected chi connectivity index (χ2v) is 11.6. The Morgan fingerprint density at radius 2 is 1.53 bits per heavy atom. The summed E-state index contributed by atoms with van der Waals surface area (Å²) in [7, 11) is 7.71. The number of carbonyl (C=O) groups excluding carboxylic acids is 1. The molecule has 0 saturated carbocycles. The minimum absolute atomic E-state index is 0.0414. The van der Waals surface area contributed by atoms with E-state index in [-0.39, 0.29) is 11.9 Å². The van der Waals surface area contributed by atoms with E-state index in [0.29, 0.717) is 26.0 Å². The molecular formula is C24H32Br4N3O3+. The Hall–Kier alpha value is -0.650. The van der Waals surface area contributed by atoms with Crippen LogP contribution in [0.4, 0.5) is 0 Å². The predicted octanol–water partition coefficient (Wildman–Crippen LogP) is 4.15. The lowest BCUT2D eigenvalue weighted by atomic mass is 10.1. The van der Waals surface area contributed by atoms with Crippen LogP contribution in [0.15, 0.2) is 42.2 Å². The van der Waals surface area contributed by atoms with E-state index in [4.69, 9.17) is 9.47 Å². The molecule has 2 aromatic rings. The Balaban J connectivity index is 1.82. The molecule has 10 heteroatoms. The van der Waals surface area contributed by atoms with Crippen molar-refractivity contribution in [1.82, 2.24) is 10.6 Å². The molecule has 0 radical (unpaired) electrons. The van der Waals surface area contributed by atoms with Crippen molar-refractivity contribution in [2.24, 2.45) is 0 Å². The van der Waals surface area contributed by atoms with Crippen LogP contribution in [0.5, 0.6) is 11.5 Å². The summed E-state index contributed by atoms with van der Waals surface area (Å²) in [4.78, 5) is 14.1. The maximum Gasteiger partial charge on any atom is 0.237 e. The molecule has 0 saturated heterocycles. The first-order valence-electron chi connectivity index (χ1n) is 11.0. The molecule has 0 aromatic heterocycles. The summed E-state index contributed by atoms with van der Waals surface area (Å²) in [5, 5.41) is 6.11. The van der Waals surface area contributed by atoms with Crippen molar-refractivity contribution in [2.75, 3.05) is 47.9 Å². The van der Waals surface area contributed by atoms with E-state index in [1.165, 1.54) is 10.5 Å². The molecule has 188 valence electrons. The van der Waals surface area contributed by atoms with Gasteiger partial charge in [0.2, 0.25) is 5.91 Å². The van der Waals surface area contributed by atoms with Crippen LogP contribution in [0.2, 0.25) is 0 Å². The Morgan fingerprint density at radius 1 is 0.971 bits per heavy atom. The van der Waals surface area contributed by atoms with Crippen LogP contribution >= 0.6 is 63.7 Å². The largest absolute Gasteiger partial charge is 0.494 e. The summed E-state index contributed by atoms with van der Waals surface area (Å²) in [5.74, 6) is 1.48. The van der Waals surface area contributed by atoms with E-state index >= 15 is 0 Å². The van der Waals surface area contributed by atoms with Crippen LogP contribution in [0.3, 0.4) is 0 Å². The van der Waals surface area contributed by atoms with Crippen LogP contribution in [0, 0.1) is 0 Å². The van der Waals surface area contributed by atoms with E-state index in [1.807, 2.05) is 12.1 Å². The fourth-order valence-corrected chi connectivity index (χ4v) is 6.47. The van der Waals surface area contributed by atoms with Crippen molar-refractivity contribution < 1.29 is 19.2 Å². The summed E-state index contributed by atoms with van der Waals surface area (Å²) in [6.45, 7) is 2.10. The highest BCUT2D eigenvalue weighted by molar-refractivity contribution is 9.11. The fourth-order valence-electron chi connectivity index (χ4n) is 3.36.